The highest BCUT2D eigenvalue weighted by atomic mass is 16.3. The molecule has 0 amide bonds. The topological polar surface area (TPSA) is 60.7 Å². The molecule has 3 N–H and O–H groups in total. The summed E-state index contributed by atoms with van der Waals surface area (Å²) in [5, 5.41) is 29.8. The predicted molar refractivity (Wildman–Crippen MR) is 119 cm³/mol. The number of fused-ring (bicyclic) bond motifs is 1. The molecule has 0 aromatic rings. The van der Waals surface area contributed by atoms with Gasteiger partial charge in [-0.15, -0.1) is 0 Å². The van der Waals surface area contributed by atoms with Crippen molar-refractivity contribution < 1.29 is 15.3 Å². The van der Waals surface area contributed by atoms with Gasteiger partial charge in [0.15, 0.2) is 0 Å². The van der Waals surface area contributed by atoms with Crippen LogP contribution in [0.4, 0.5) is 0 Å². The van der Waals surface area contributed by atoms with Crippen molar-refractivity contribution in [1.82, 2.24) is 0 Å². The Bertz CT molecular complexity index is 653. The van der Waals surface area contributed by atoms with Gasteiger partial charge in [-0.1, -0.05) is 51.0 Å². The maximum atomic E-state index is 10.0. The van der Waals surface area contributed by atoms with Gasteiger partial charge in [0.25, 0.3) is 0 Å². The van der Waals surface area contributed by atoms with Crippen LogP contribution in [-0.4, -0.2) is 33.1 Å². The molecule has 0 aromatic heterocycles. The summed E-state index contributed by atoms with van der Waals surface area (Å²) in [5.74, 6) is 2.07. The maximum Gasteiger partial charge on any atom is 0.0751 e. The summed E-state index contributed by atoms with van der Waals surface area (Å²) in [6, 6.07) is 0. The Hall–Kier alpha value is -0.900. The SMILES string of the molecule is C[C@H](CCCC(C)(C)O)[C@H]1CC[C@H]2C(/C=C\C3=C[C@H](O)C[C@H](O)C3)=CCC[C@]12C. The van der Waals surface area contributed by atoms with Crippen molar-refractivity contribution in [1.29, 1.82) is 0 Å². The lowest BCUT2D eigenvalue weighted by Crippen LogP contribution is -2.35. The van der Waals surface area contributed by atoms with Crippen molar-refractivity contribution >= 4 is 0 Å². The highest BCUT2D eigenvalue weighted by molar-refractivity contribution is 5.34. The first-order valence-corrected chi connectivity index (χ1v) is 11.8. The molecule has 3 aliphatic carbocycles. The van der Waals surface area contributed by atoms with E-state index in [0.29, 0.717) is 30.1 Å². The van der Waals surface area contributed by atoms with E-state index in [9.17, 15) is 15.3 Å². The minimum absolute atomic E-state index is 0.364. The Labute approximate surface area is 177 Å². The molecule has 3 rings (SSSR count). The minimum atomic E-state index is -0.553. The first-order chi connectivity index (χ1) is 13.6. The van der Waals surface area contributed by atoms with Gasteiger partial charge in [0, 0.05) is 6.42 Å². The summed E-state index contributed by atoms with van der Waals surface area (Å²) in [7, 11) is 0. The Morgan fingerprint density at radius 1 is 1.24 bits per heavy atom. The van der Waals surface area contributed by atoms with E-state index in [0.717, 1.165) is 30.8 Å². The van der Waals surface area contributed by atoms with Crippen LogP contribution in [0.2, 0.25) is 0 Å². The minimum Gasteiger partial charge on any atom is -0.393 e. The normalized spacial score (nSPS) is 36.7. The lowest BCUT2D eigenvalue weighted by molar-refractivity contribution is 0.0613. The van der Waals surface area contributed by atoms with Crippen molar-refractivity contribution in [3.8, 4) is 0 Å². The van der Waals surface area contributed by atoms with Crippen LogP contribution in [0.1, 0.15) is 85.5 Å². The molecule has 3 heteroatoms. The second-order valence-corrected chi connectivity index (χ2v) is 10.9. The Morgan fingerprint density at radius 3 is 2.69 bits per heavy atom. The van der Waals surface area contributed by atoms with Gasteiger partial charge < -0.3 is 15.3 Å². The van der Waals surface area contributed by atoms with E-state index in [1.165, 1.54) is 31.3 Å². The van der Waals surface area contributed by atoms with Crippen LogP contribution in [-0.2, 0) is 0 Å². The lowest BCUT2D eigenvalue weighted by Gasteiger charge is -2.43. The average Bonchev–Trinajstić information content (AvgIpc) is 2.95. The number of aliphatic hydroxyl groups excluding tert-OH is 2. The van der Waals surface area contributed by atoms with E-state index >= 15 is 0 Å². The molecule has 6 atom stereocenters. The second-order valence-electron chi connectivity index (χ2n) is 10.9. The Kier molecular flexibility index (Phi) is 7.13. The average molecular weight is 403 g/mol. The molecule has 164 valence electrons. The van der Waals surface area contributed by atoms with Crippen LogP contribution >= 0.6 is 0 Å². The van der Waals surface area contributed by atoms with Crippen LogP contribution in [0, 0.1) is 23.2 Å². The van der Waals surface area contributed by atoms with Crippen LogP contribution < -0.4 is 0 Å². The predicted octanol–water partition coefficient (Wildman–Crippen LogP) is 5.31. The molecule has 0 saturated heterocycles. The number of hydrogen-bond acceptors (Lipinski definition) is 3. The summed E-state index contributed by atoms with van der Waals surface area (Å²) in [6.45, 7) is 8.76. The molecular weight excluding hydrogens is 360 g/mol. The summed E-state index contributed by atoms with van der Waals surface area (Å²) in [4.78, 5) is 0. The zero-order valence-electron chi connectivity index (χ0n) is 18.9. The van der Waals surface area contributed by atoms with E-state index in [-0.39, 0.29) is 0 Å². The van der Waals surface area contributed by atoms with Gasteiger partial charge in [0.1, 0.15) is 0 Å². The summed E-state index contributed by atoms with van der Waals surface area (Å²) in [6.07, 6.45) is 17.0. The second kappa shape index (κ2) is 9.08. The molecule has 29 heavy (non-hydrogen) atoms. The molecule has 3 nitrogen and oxygen atoms in total. The zero-order chi connectivity index (χ0) is 21.2. The van der Waals surface area contributed by atoms with Gasteiger partial charge in [-0.05, 0) is 86.7 Å². The van der Waals surface area contributed by atoms with Crippen LogP contribution in [0.3, 0.4) is 0 Å². The van der Waals surface area contributed by atoms with Crippen molar-refractivity contribution in [3.05, 3.63) is 35.5 Å². The van der Waals surface area contributed by atoms with Gasteiger partial charge in [-0.2, -0.15) is 0 Å². The number of aliphatic hydroxyl groups is 3. The van der Waals surface area contributed by atoms with E-state index in [1.54, 1.807) is 0 Å². The fourth-order valence-electron chi connectivity index (χ4n) is 6.38. The van der Waals surface area contributed by atoms with E-state index in [2.05, 4.69) is 32.1 Å². The smallest absolute Gasteiger partial charge is 0.0751 e. The number of allylic oxidation sites excluding steroid dienone is 4. The molecule has 0 radical (unpaired) electrons. The summed E-state index contributed by atoms with van der Waals surface area (Å²) >= 11 is 0. The first kappa shape index (κ1) is 22.8. The largest absolute Gasteiger partial charge is 0.393 e. The number of rotatable bonds is 7. The maximum absolute atomic E-state index is 10.0. The molecule has 1 saturated carbocycles. The van der Waals surface area contributed by atoms with Gasteiger partial charge >= 0.3 is 0 Å². The van der Waals surface area contributed by atoms with Crippen molar-refractivity contribution in [2.24, 2.45) is 23.2 Å². The molecule has 0 spiro atoms. The molecule has 0 heterocycles. The highest BCUT2D eigenvalue weighted by Crippen LogP contribution is 2.58. The zero-order valence-corrected chi connectivity index (χ0v) is 18.9. The highest BCUT2D eigenvalue weighted by Gasteiger charge is 2.49. The number of hydrogen-bond donors (Lipinski definition) is 3. The molecule has 0 bridgehead atoms. The summed E-state index contributed by atoms with van der Waals surface area (Å²) in [5.41, 5.74) is 2.32. The molecule has 0 aromatic carbocycles. The van der Waals surface area contributed by atoms with Crippen LogP contribution in [0.15, 0.2) is 35.5 Å². The van der Waals surface area contributed by atoms with Gasteiger partial charge in [-0.3, -0.25) is 0 Å². The van der Waals surface area contributed by atoms with Crippen molar-refractivity contribution in [2.45, 2.75) is 103 Å². The van der Waals surface area contributed by atoms with Gasteiger partial charge in [0.2, 0.25) is 0 Å². The van der Waals surface area contributed by atoms with E-state index in [1.807, 2.05) is 19.9 Å². The Morgan fingerprint density at radius 2 is 2.00 bits per heavy atom. The monoisotopic (exact) mass is 402 g/mol. The van der Waals surface area contributed by atoms with E-state index < -0.39 is 17.8 Å². The fourth-order valence-corrected chi connectivity index (χ4v) is 6.38. The quantitative estimate of drug-likeness (QED) is 0.540. The summed E-state index contributed by atoms with van der Waals surface area (Å²) < 4.78 is 0. The third kappa shape index (κ3) is 5.62. The lowest BCUT2D eigenvalue weighted by atomic mass is 9.62. The molecule has 0 aliphatic heterocycles. The van der Waals surface area contributed by atoms with Crippen LogP contribution in [0.25, 0.3) is 0 Å². The van der Waals surface area contributed by atoms with Crippen LogP contribution in [0.5, 0.6) is 0 Å². The van der Waals surface area contributed by atoms with Gasteiger partial charge in [-0.25, -0.2) is 0 Å². The first-order valence-electron chi connectivity index (χ1n) is 11.8. The third-order valence-electron chi connectivity index (χ3n) is 7.89. The van der Waals surface area contributed by atoms with E-state index in [4.69, 9.17) is 0 Å². The van der Waals surface area contributed by atoms with Crippen molar-refractivity contribution in [3.63, 3.8) is 0 Å². The Balaban J connectivity index is 1.65. The molecule has 0 unspecified atom stereocenters. The van der Waals surface area contributed by atoms with Crippen molar-refractivity contribution in [2.75, 3.05) is 0 Å². The third-order valence-corrected chi connectivity index (χ3v) is 7.89. The molecular formula is C26H42O3. The standard InChI is InChI=1S/C26H42O3/c1-18(7-5-13-25(2,3)29)23-11-12-24-20(8-6-14-26(23,24)4)10-9-19-15-21(27)17-22(28)16-19/h8-10,15,18,21-24,27-29H,5-7,11-14,16-17H2,1-4H3/b10-9-/t18-,21+,22-,23-,24+,26-/m1/s1. The molecule has 3 aliphatic rings. The molecule has 1 fully saturated rings. The fraction of sp³-hybridized carbons (Fsp3) is 0.769. The van der Waals surface area contributed by atoms with Gasteiger partial charge in [0.05, 0.1) is 17.8 Å².